The molecule has 0 atom stereocenters. The van der Waals surface area contributed by atoms with E-state index in [1.807, 2.05) is 17.6 Å². The fourth-order valence-electron chi connectivity index (χ4n) is 2.19. The number of hydrogen-bond donors (Lipinski definition) is 0. The molecule has 110 valence electrons. The number of aromatic nitrogens is 3. The van der Waals surface area contributed by atoms with E-state index >= 15 is 0 Å². The molecule has 0 spiro atoms. The van der Waals surface area contributed by atoms with Crippen LogP contribution in [-0.4, -0.2) is 35.7 Å². The third kappa shape index (κ3) is 2.85. The number of aryl methyl sites for hydroxylation is 1. The Morgan fingerprint density at radius 2 is 1.86 bits per heavy atom. The predicted octanol–water partition coefficient (Wildman–Crippen LogP) is 2.80. The van der Waals surface area contributed by atoms with Crippen LogP contribution >= 0.6 is 11.3 Å². The minimum Gasteiger partial charge on any atom is -0.378 e. The molecule has 0 aliphatic carbocycles. The highest BCUT2D eigenvalue weighted by Gasteiger charge is 2.10. The highest BCUT2D eigenvalue weighted by molar-refractivity contribution is 7.20. The maximum Gasteiger partial charge on any atom is 0.214 e. The van der Waals surface area contributed by atoms with Crippen molar-refractivity contribution in [1.29, 1.82) is 0 Å². The zero-order valence-corrected chi connectivity index (χ0v) is 13.6. The Morgan fingerprint density at radius 3 is 2.48 bits per heavy atom. The fourth-order valence-corrected chi connectivity index (χ4v) is 3.08. The number of fused-ring (bicyclic) bond motifs is 1. The van der Waals surface area contributed by atoms with Gasteiger partial charge < -0.3 is 9.80 Å². The van der Waals surface area contributed by atoms with Gasteiger partial charge in [-0.3, -0.25) is 0 Å². The second-order valence-electron chi connectivity index (χ2n) is 5.41. The molecule has 1 aromatic carbocycles. The van der Waals surface area contributed by atoms with Gasteiger partial charge in [0.05, 0.1) is 11.9 Å². The summed E-state index contributed by atoms with van der Waals surface area (Å²) in [6, 6.07) is 8.60. The third-order valence-electron chi connectivity index (χ3n) is 3.35. The van der Waals surface area contributed by atoms with E-state index in [0.717, 1.165) is 22.3 Å². The van der Waals surface area contributed by atoms with Crippen molar-refractivity contribution >= 4 is 27.1 Å². The quantitative estimate of drug-likeness (QED) is 0.742. The first kappa shape index (κ1) is 13.9. The number of benzene rings is 1. The monoisotopic (exact) mass is 301 g/mol. The first-order valence-electron chi connectivity index (χ1n) is 6.83. The summed E-state index contributed by atoms with van der Waals surface area (Å²) in [5, 5.41) is 5.55. The van der Waals surface area contributed by atoms with Crippen molar-refractivity contribution in [2.24, 2.45) is 0 Å². The van der Waals surface area contributed by atoms with Crippen LogP contribution < -0.4 is 9.80 Å². The van der Waals surface area contributed by atoms with Crippen molar-refractivity contribution in [3.63, 3.8) is 0 Å². The van der Waals surface area contributed by atoms with Crippen molar-refractivity contribution in [2.45, 2.75) is 13.5 Å². The lowest BCUT2D eigenvalue weighted by Gasteiger charge is -2.17. The lowest BCUT2D eigenvalue weighted by Crippen LogP contribution is -2.16. The molecule has 0 saturated heterocycles. The summed E-state index contributed by atoms with van der Waals surface area (Å²) in [5.74, 6) is 0. The molecule has 0 fully saturated rings. The molecule has 21 heavy (non-hydrogen) atoms. The number of hydrogen-bond acceptors (Lipinski definition) is 5. The molecule has 0 N–H and O–H groups in total. The largest absolute Gasteiger partial charge is 0.378 e. The number of nitrogens with zero attached hydrogens (tertiary/aromatic N) is 5. The third-order valence-corrected chi connectivity index (χ3v) is 4.39. The van der Waals surface area contributed by atoms with E-state index in [9.17, 15) is 0 Å². The maximum absolute atomic E-state index is 4.57. The standard InChI is InChI=1S/C15H19N5S/c1-11-9-20-14(16-11)21-15(17-20)19(4)10-12-5-7-13(8-6-12)18(2)3/h5-9H,10H2,1-4H3. The number of rotatable bonds is 4. The molecule has 2 aromatic heterocycles. The molecule has 3 aromatic rings. The van der Waals surface area contributed by atoms with Gasteiger partial charge in [0.15, 0.2) is 0 Å². The molecule has 0 bridgehead atoms. The topological polar surface area (TPSA) is 36.7 Å². The molecule has 2 heterocycles. The van der Waals surface area contributed by atoms with E-state index < -0.39 is 0 Å². The van der Waals surface area contributed by atoms with E-state index in [2.05, 4.69) is 65.3 Å². The Balaban J connectivity index is 1.75. The second-order valence-corrected chi connectivity index (χ2v) is 6.35. The fraction of sp³-hybridized carbons (Fsp3) is 0.333. The first-order chi connectivity index (χ1) is 10.0. The van der Waals surface area contributed by atoms with E-state index in [-0.39, 0.29) is 0 Å². The van der Waals surface area contributed by atoms with Crippen LogP contribution in [0, 0.1) is 6.92 Å². The van der Waals surface area contributed by atoms with Crippen molar-refractivity contribution in [2.75, 3.05) is 30.9 Å². The Bertz CT molecular complexity index is 710. The smallest absolute Gasteiger partial charge is 0.214 e. The van der Waals surface area contributed by atoms with Crippen LogP contribution in [0.3, 0.4) is 0 Å². The Labute approximate surface area is 128 Å². The molecule has 0 aliphatic rings. The molecular formula is C15H19N5S. The molecule has 0 amide bonds. The highest BCUT2D eigenvalue weighted by atomic mass is 32.1. The summed E-state index contributed by atoms with van der Waals surface area (Å²) < 4.78 is 1.85. The first-order valence-corrected chi connectivity index (χ1v) is 7.65. The van der Waals surface area contributed by atoms with Gasteiger partial charge in [-0.15, -0.1) is 5.10 Å². The summed E-state index contributed by atoms with van der Waals surface area (Å²) in [6.07, 6.45) is 1.95. The van der Waals surface area contributed by atoms with Crippen LogP contribution in [-0.2, 0) is 6.54 Å². The molecule has 0 aliphatic heterocycles. The van der Waals surface area contributed by atoms with E-state index in [1.165, 1.54) is 11.3 Å². The molecule has 0 saturated carbocycles. The van der Waals surface area contributed by atoms with Gasteiger partial charge in [-0.2, -0.15) is 0 Å². The Hall–Kier alpha value is -2.08. The number of anilines is 2. The minimum absolute atomic E-state index is 0.837. The molecular weight excluding hydrogens is 282 g/mol. The molecule has 5 nitrogen and oxygen atoms in total. The van der Waals surface area contributed by atoms with Crippen molar-refractivity contribution in [3.05, 3.63) is 41.7 Å². The van der Waals surface area contributed by atoms with Gasteiger partial charge in [0, 0.05) is 33.4 Å². The summed E-state index contributed by atoms with van der Waals surface area (Å²) in [6.45, 7) is 2.82. The van der Waals surface area contributed by atoms with Gasteiger partial charge in [0.25, 0.3) is 0 Å². The number of imidazole rings is 1. The van der Waals surface area contributed by atoms with Gasteiger partial charge in [0.1, 0.15) is 0 Å². The van der Waals surface area contributed by atoms with Crippen LogP contribution in [0.1, 0.15) is 11.3 Å². The zero-order valence-electron chi connectivity index (χ0n) is 12.7. The van der Waals surface area contributed by atoms with Crippen molar-refractivity contribution in [3.8, 4) is 0 Å². The zero-order chi connectivity index (χ0) is 15.0. The van der Waals surface area contributed by atoms with Gasteiger partial charge in [-0.05, 0) is 24.6 Å². The van der Waals surface area contributed by atoms with Crippen LogP contribution in [0.5, 0.6) is 0 Å². The van der Waals surface area contributed by atoms with E-state index in [1.54, 1.807) is 11.3 Å². The van der Waals surface area contributed by atoms with Crippen LogP contribution in [0.15, 0.2) is 30.5 Å². The normalized spacial score (nSPS) is 11.0. The lowest BCUT2D eigenvalue weighted by atomic mass is 10.2. The van der Waals surface area contributed by atoms with Gasteiger partial charge in [0.2, 0.25) is 10.1 Å². The van der Waals surface area contributed by atoms with Gasteiger partial charge in [-0.25, -0.2) is 9.50 Å². The van der Waals surface area contributed by atoms with E-state index in [0.29, 0.717) is 0 Å². The van der Waals surface area contributed by atoms with Crippen molar-refractivity contribution < 1.29 is 0 Å². The van der Waals surface area contributed by atoms with Crippen LogP contribution in [0.2, 0.25) is 0 Å². The Morgan fingerprint density at radius 1 is 1.14 bits per heavy atom. The summed E-state index contributed by atoms with van der Waals surface area (Å²) in [5.41, 5.74) is 3.49. The molecule has 0 radical (unpaired) electrons. The van der Waals surface area contributed by atoms with Crippen LogP contribution in [0.25, 0.3) is 4.96 Å². The minimum atomic E-state index is 0.837. The maximum atomic E-state index is 4.57. The highest BCUT2D eigenvalue weighted by Crippen LogP contribution is 2.23. The predicted molar refractivity (Wildman–Crippen MR) is 88.5 cm³/mol. The molecule has 6 heteroatoms. The lowest BCUT2D eigenvalue weighted by molar-refractivity contribution is 0.869. The van der Waals surface area contributed by atoms with Crippen molar-refractivity contribution in [1.82, 2.24) is 14.6 Å². The summed E-state index contributed by atoms with van der Waals surface area (Å²) in [4.78, 5) is 9.64. The molecule has 0 unspecified atom stereocenters. The van der Waals surface area contributed by atoms with E-state index in [4.69, 9.17) is 0 Å². The SMILES string of the molecule is Cc1cn2nc(N(C)Cc3ccc(N(C)C)cc3)sc2n1. The average molecular weight is 301 g/mol. The average Bonchev–Trinajstić information content (AvgIpc) is 2.96. The summed E-state index contributed by atoms with van der Waals surface area (Å²) >= 11 is 1.61. The second kappa shape index (κ2) is 5.37. The van der Waals surface area contributed by atoms with Crippen LogP contribution in [0.4, 0.5) is 10.8 Å². The summed E-state index contributed by atoms with van der Waals surface area (Å²) in [7, 11) is 6.16. The van der Waals surface area contributed by atoms with Gasteiger partial charge >= 0.3 is 0 Å². The van der Waals surface area contributed by atoms with Gasteiger partial charge in [-0.1, -0.05) is 23.5 Å². The molecule has 3 rings (SSSR count). The Kier molecular flexibility index (Phi) is 3.55.